The highest BCUT2D eigenvalue weighted by Crippen LogP contribution is 2.39. The van der Waals surface area contributed by atoms with Crippen LogP contribution in [0.25, 0.3) is 0 Å². The first-order chi connectivity index (χ1) is 12.1. The summed E-state index contributed by atoms with van der Waals surface area (Å²) in [4.78, 5) is 16.1. The van der Waals surface area contributed by atoms with Crippen molar-refractivity contribution in [2.75, 3.05) is 40.4 Å². The Morgan fingerprint density at radius 1 is 1.12 bits per heavy atom. The Morgan fingerprint density at radius 3 is 2.52 bits per heavy atom. The van der Waals surface area contributed by atoms with Gasteiger partial charge in [-0.15, -0.1) is 0 Å². The highest BCUT2D eigenvalue weighted by molar-refractivity contribution is 5.73. The number of piperidine rings is 1. The molecule has 1 unspecified atom stereocenters. The van der Waals surface area contributed by atoms with Crippen molar-refractivity contribution in [3.63, 3.8) is 0 Å². The molecule has 0 aliphatic carbocycles. The zero-order valence-electron chi connectivity index (χ0n) is 15.7. The lowest BCUT2D eigenvalue weighted by Crippen LogP contribution is -2.40. The quantitative estimate of drug-likeness (QED) is 0.822. The molecule has 2 saturated heterocycles. The summed E-state index contributed by atoms with van der Waals surface area (Å²) in [6.07, 6.45) is 4.63. The molecule has 0 saturated carbocycles. The monoisotopic (exact) mass is 346 g/mol. The van der Waals surface area contributed by atoms with Crippen LogP contribution in [-0.2, 0) is 4.79 Å². The molecule has 138 valence electrons. The molecule has 0 spiro atoms. The van der Waals surface area contributed by atoms with Gasteiger partial charge >= 0.3 is 0 Å². The number of hydrogen-bond donors (Lipinski definition) is 0. The maximum absolute atomic E-state index is 11.5. The van der Waals surface area contributed by atoms with Gasteiger partial charge in [-0.05, 0) is 44.2 Å². The number of hydrogen-bond acceptors (Lipinski definition) is 4. The van der Waals surface area contributed by atoms with Crippen LogP contribution < -0.4 is 9.47 Å². The van der Waals surface area contributed by atoms with Crippen LogP contribution in [0, 0.1) is 5.92 Å². The van der Waals surface area contributed by atoms with Crippen LogP contribution in [0.5, 0.6) is 11.5 Å². The molecule has 2 fully saturated rings. The van der Waals surface area contributed by atoms with Gasteiger partial charge in [0.1, 0.15) is 11.5 Å². The number of ether oxygens (including phenoxy) is 2. The third-order valence-electron chi connectivity index (χ3n) is 5.72. The summed E-state index contributed by atoms with van der Waals surface area (Å²) in [6.45, 7) is 5.75. The fourth-order valence-electron chi connectivity index (χ4n) is 4.25. The van der Waals surface area contributed by atoms with Gasteiger partial charge in [0.15, 0.2) is 0 Å². The number of likely N-dealkylation sites (tertiary alicyclic amines) is 2. The molecule has 5 heteroatoms. The van der Waals surface area contributed by atoms with Gasteiger partial charge in [0.05, 0.1) is 14.2 Å². The van der Waals surface area contributed by atoms with Crippen LogP contribution in [0.1, 0.15) is 44.2 Å². The van der Waals surface area contributed by atoms with Crippen molar-refractivity contribution >= 4 is 5.91 Å². The Kier molecular flexibility index (Phi) is 5.84. The van der Waals surface area contributed by atoms with Crippen LogP contribution in [0.4, 0.5) is 0 Å². The summed E-state index contributed by atoms with van der Waals surface area (Å²) < 4.78 is 11.0. The molecule has 1 aromatic carbocycles. The molecule has 2 heterocycles. The van der Waals surface area contributed by atoms with Crippen molar-refractivity contribution in [3.8, 4) is 11.5 Å². The normalized spacial score (nSPS) is 22.2. The Bertz CT molecular complexity index is 597. The van der Waals surface area contributed by atoms with Gasteiger partial charge in [0.2, 0.25) is 5.91 Å². The minimum absolute atomic E-state index is 0.209. The van der Waals surface area contributed by atoms with Crippen LogP contribution in [0.3, 0.4) is 0 Å². The standard InChI is InChI=1S/C20H30N2O3/c1-15(23)21-11-8-16(9-12-21)14-22-10-4-5-19(22)18-7-6-17(24-2)13-20(18)25-3/h6-7,13,16,19H,4-5,8-12,14H2,1-3H3. The molecule has 1 atom stereocenters. The van der Waals surface area contributed by atoms with Gasteiger partial charge < -0.3 is 14.4 Å². The zero-order chi connectivity index (χ0) is 17.8. The van der Waals surface area contributed by atoms with E-state index in [2.05, 4.69) is 11.0 Å². The van der Waals surface area contributed by atoms with Crippen LogP contribution in [0.2, 0.25) is 0 Å². The van der Waals surface area contributed by atoms with E-state index in [-0.39, 0.29) is 5.91 Å². The molecule has 5 nitrogen and oxygen atoms in total. The molecule has 3 rings (SSSR count). The molecule has 2 aliphatic heterocycles. The number of benzene rings is 1. The number of rotatable bonds is 5. The van der Waals surface area contributed by atoms with Crippen molar-refractivity contribution in [2.45, 2.75) is 38.6 Å². The first-order valence-corrected chi connectivity index (χ1v) is 9.34. The number of carbonyl (C=O) groups excluding carboxylic acids is 1. The van der Waals surface area contributed by atoms with Crippen LogP contribution in [0.15, 0.2) is 18.2 Å². The van der Waals surface area contributed by atoms with Gasteiger partial charge in [0, 0.05) is 44.2 Å². The van der Waals surface area contributed by atoms with Gasteiger partial charge in [0.25, 0.3) is 0 Å². The largest absolute Gasteiger partial charge is 0.497 e. The van der Waals surface area contributed by atoms with Crippen molar-refractivity contribution in [2.24, 2.45) is 5.92 Å². The smallest absolute Gasteiger partial charge is 0.219 e. The number of nitrogens with zero attached hydrogens (tertiary/aromatic N) is 2. The second-order valence-electron chi connectivity index (χ2n) is 7.21. The fraction of sp³-hybridized carbons (Fsp3) is 0.650. The highest BCUT2D eigenvalue weighted by atomic mass is 16.5. The van der Waals surface area contributed by atoms with E-state index >= 15 is 0 Å². The lowest BCUT2D eigenvalue weighted by molar-refractivity contribution is -0.130. The molecular weight excluding hydrogens is 316 g/mol. The minimum atomic E-state index is 0.209. The lowest BCUT2D eigenvalue weighted by atomic mass is 9.95. The number of methoxy groups -OCH3 is 2. The van der Waals surface area contributed by atoms with E-state index in [4.69, 9.17) is 9.47 Å². The van der Waals surface area contributed by atoms with E-state index in [0.29, 0.717) is 12.0 Å². The second kappa shape index (κ2) is 8.09. The van der Waals surface area contributed by atoms with Crippen molar-refractivity contribution in [3.05, 3.63) is 23.8 Å². The third kappa shape index (κ3) is 4.09. The molecule has 2 aliphatic rings. The summed E-state index contributed by atoms with van der Waals surface area (Å²) in [7, 11) is 3.42. The molecule has 1 amide bonds. The lowest BCUT2D eigenvalue weighted by Gasteiger charge is -2.35. The molecule has 1 aromatic rings. The van der Waals surface area contributed by atoms with Gasteiger partial charge in [-0.2, -0.15) is 0 Å². The van der Waals surface area contributed by atoms with Gasteiger partial charge in [-0.25, -0.2) is 0 Å². The Morgan fingerprint density at radius 2 is 1.88 bits per heavy atom. The summed E-state index contributed by atoms with van der Waals surface area (Å²) in [6, 6.07) is 6.59. The predicted octanol–water partition coefficient (Wildman–Crippen LogP) is 3.10. The van der Waals surface area contributed by atoms with E-state index in [0.717, 1.165) is 50.5 Å². The highest BCUT2D eigenvalue weighted by Gasteiger charge is 2.31. The summed E-state index contributed by atoms with van der Waals surface area (Å²) >= 11 is 0. The zero-order valence-corrected chi connectivity index (χ0v) is 15.7. The topological polar surface area (TPSA) is 42.0 Å². The molecule has 0 aromatic heterocycles. The van der Waals surface area contributed by atoms with Gasteiger partial charge in [-0.1, -0.05) is 6.07 Å². The Balaban J connectivity index is 1.66. The van der Waals surface area contributed by atoms with E-state index in [1.165, 1.54) is 18.4 Å². The summed E-state index contributed by atoms with van der Waals surface area (Å²) in [5.74, 6) is 2.64. The first kappa shape index (κ1) is 18.1. The first-order valence-electron chi connectivity index (χ1n) is 9.34. The molecular formula is C20H30N2O3. The van der Waals surface area contributed by atoms with E-state index in [9.17, 15) is 4.79 Å². The number of carbonyl (C=O) groups is 1. The molecule has 0 radical (unpaired) electrons. The summed E-state index contributed by atoms with van der Waals surface area (Å²) in [5, 5.41) is 0. The fourth-order valence-corrected chi connectivity index (χ4v) is 4.25. The van der Waals surface area contributed by atoms with E-state index < -0.39 is 0 Å². The van der Waals surface area contributed by atoms with Gasteiger partial charge in [-0.3, -0.25) is 9.69 Å². The molecule has 0 bridgehead atoms. The predicted molar refractivity (Wildman–Crippen MR) is 98.1 cm³/mol. The average molecular weight is 346 g/mol. The van der Waals surface area contributed by atoms with E-state index in [1.807, 2.05) is 17.0 Å². The SMILES string of the molecule is COc1ccc(C2CCCN2CC2CCN(C(C)=O)CC2)c(OC)c1. The van der Waals surface area contributed by atoms with Crippen LogP contribution in [-0.4, -0.2) is 56.1 Å². The third-order valence-corrected chi connectivity index (χ3v) is 5.72. The Labute approximate surface area is 150 Å². The van der Waals surface area contributed by atoms with Crippen molar-refractivity contribution in [1.82, 2.24) is 9.80 Å². The average Bonchev–Trinajstić information content (AvgIpc) is 3.09. The van der Waals surface area contributed by atoms with Crippen molar-refractivity contribution in [1.29, 1.82) is 0 Å². The maximum atomic E-state index is 11.5. The van der Waals surface area contributed by atoms with E-state index in [1.54, 1.807) is 21.1 Å². The van der Waals surface area contributed by atoms with Crippen molar-refractivity contribution < 1.29 is 14.3 Å². The summed E-state index contributed by atoms with van der Waals surface area (Å²) in [5.41, 5.74) is 1.27. The number of amides is 1. The second-order valence-corrected chi connectivity index (χ2v) is 7.21. The minimum Gasteiger partial charge on any atom is -0.497 e. The van der Waals surface area contributed by atoms with Crippen LogP contribution >= 0.6 is 0 Å². The Hall–Kier alpha value is -1.75. The molecule has 25 heavy (non-hydrogen) atoms. The maximum Gasteiger partial charge on any atom is 0.219 e. The molecule has 0 N–H and O–H groups in total.